The highest BCUT2D eigenvalue weighted by atomic mass is 32.2. The first-order valence-corrected chi connectivity index (χ1v) is 16.8. The normalized spacial score (nSPS) is 20.9. The van der Waals surface area contributed by atoms with E-state index in [0.717, 1.165) is 27.1 Å². The zero-order valence-corrected chi connectivity index (χ0v) is 27.7. The number of benzene rings is 4. The largest absolute Gasteiger partial charge is 0.456 e. The summed E-state index contributed by atoms with van der Waals surface area (Å²) >= 11 is 1.47. The molecule has 1 saturated heterocycles. The second-order valence-corrected chi connectivity index (χ2v) is 12.8. The fourth-order valence-corrected chi connectivity index (χ4v) is 6.37. The molecular weight excluding hydrogens is 612 g/mol. The van der Waals surface area contributed by atoms with Crippen molar-refractivity contribution in [1.29, 1.82) is 0 Å². The van der Waals surface area contributed by atoms with E-state index in [1.807, 2.05) is 122 Å². The molecule has 1 aliphatic rings. The molecule has 246 valence electrons. The lowest BCUT2D eigenvalue weighted by Crippen LogP contribution is -2.60. The van der Waals surface area contributed by atoms with Crippen LogP contribution in [-0.2, 0) is 53.1 Å². The van der Waals surface area contributed by atoms with Crippen LogP contribution in [-0.4, -0.2) is 48.2 Å². The Hall–Kier alpha value is -3.79. The van der Waals surface area contributed by atoms with E-state index in [1.165, 1.54) is 18.7 Å². The molecule has 1 heterocycles. The molecule has 0 radical (unpaired) electrons. The summed E-state index contributed by atoms with van der Waals surface area (Å²) in [5.41, 5.74) is 3.51. The monoisotopic (exact) mass is 654 g/mol. The van der Waals surface area contributed by atoms with E-state index in [9.17, 15) is 9.59 Å². The third kappa shape index (κ3) is 10.9. The number of hydrogen-bond donors (Lipinski definition) is 0. The van der Waals surface area contributed by atoms with Crippen molar-refractivity contribution >= 4 is 23.5 Å². The van der Waals surface area contributed by atoms with Gasteiger partial charge >= 0.3 is 5.97 Å². The number of Topliss-reactive ketones (excluding diaryl/α,β-unsaturated/α-hetero) is 1. The van der Waals surface area contributed by atoms with Crippen molar-refractivity contribution in [2.75, 3.05) is 6.61 Å². The van der Waals surface area contributed by atoms with Gasteiger partial charge in [-0.2, -0.15) is 0 Å². The summed E-state index contributed by atoms with van der Waals surface area (Å²) in [5.74, 6) is -0.568. The van der Waals surface area contributed by atoms with Crippen LogP contribution in [0.5, 0.6) is 0 Å². The van der Waals surface area contributed by atoms with Gasteiger partial charge < -0.3 is 28.5 Å². The van der Waals surface area contributed by atoms with Gasteiger partial charge in [0.05, 0.1) is 32.8 Å². The van der Waals surface area contributed by atoms with Crippen molar-refractivity contribution < 1.29 is 33.3 Å². The fraction of sp³-hybridized carbons (Fsp3) is 0.333. The van der Waals surface area contributed by atoms with Gasteiger partial charge in [-0.25, -0.2) is 0 Å². The molecule has 8 heteroatoms. The zero-order valence-electron chi connectivity index (χ0n) is 26.9. The first-order valence-electron chi connectivity index (χ1n) is 15.9. The van der Waals surface area contributed by atoms with Crippen LogP contribution in [0.1, 0.15) is 42.0 Å². The van der Waals surface area contributed by atoms with Crippen molar-refractivity contribution in [1.82, 2.24) is 0 Å². The van der Waals surface area contributed by atoms with Gasteiger partial charge in [0.25, 0.3) is 0 Å². The number of ether oxygens (including phenoxy) is 5. The third-order valence-electron chi connectivity index (χ3n) is 7.78. The number of rotatable bonds is 16. The standard InChI is InChI=1S/C39H42O7S/c1-28-18-21-33(22-19-28)47-39-38(46-35(41)23-20-29(2)40)37(44-26-32-16-10-5-11-17-32)36(43-25-31-14-8-4-9-15-31)34(45-39)27-42-24-30-12-6-3-7-13-30/h3-19,21-22,34,36-39H,20,23-27H2,1-2H3/t34-,36+,37-,38-,39-/m0/s1. The Labute approximate surface area is 281 Å². The minimum absolute atomic E-state index is 0.0295. The Morgan fingerprint density at radius 3 is 1.74 bits per heavy atom. The zero-order chi connectivity index (χ0) is 32.8. The SMILES string of the molecule is CC(=O)CCC(=O)O[C@H]1[C@@H](OCc2ccccc2)[C@H](OCc2ccccc2)[C@H](COCc2ccccc2)O[C@H]1Sc1ccc(C)cc1. The van der Waals surface area contributed by atoms with Crippen LogP contribution >= 0.6 is 11.8 Å². The van der Waals surface area contributed by atoms with Gasteiger partial charge in [0.1, 0.15) is 29.5 Å². The van der Waals surface area contributed by atoms with Gasteiger partial charge in [-0.05, 0) is 42.7 Å². The average Bonchev–Trinajstić information content (AvgIpc) is 3.09. The van der Waals surface area contributed by atoms with Crippen LogP contribution in [0.3, 0.4) is 0 Å². The van der Waals surface area contributed by atoms with E-state index < -0.39 is 35.8 Å². The van der Waals surface area contributed by atoms with Gasteiger partial charge in [-0.1, -0.05) is 120 Å². The average molecular weight is 655 g/mol. The second kappa shape index (κ2) is 17.9. The highest BCUT2D eigenvalue weighted by molar-refractivity contribution is 7.99. The van der Waals surface area contributed by atoms with E-state index in [4.69, 9.17) is 23.7 Å². The number of carbonyl (C=O) groups excluding carboxylic acids is 2. The number of carbonyl (C=O) groups is 2. The van der Waals surface area contributed by atoms with Crippen LogP contribution < -0.4 is 0 Å². The van der Waals surface area contributed by atoms with E-state index in [0.29, 0.717) is 13.2 Å². The highest BCUT2D eigenvalue weighted by Crippen LogP contribution is 2.38. The molecule has 0 spiro atoms. The van der Waals surface area contributed by atoms with E-state index in [1.54, 1.807) is 0 Å². The second-order valence-electron chi connectivity index (χ2n) is 11.7. The minimum atomic E-state index is -0.837. The Morgan fingerprint density at radius 2 is 1.19 bits per heavy atom. The molecule has 4 aromatic rings. The summed E-state index contributed by atoms with van der Waals surface area (Å²) in [6.07, 6.45) is -2.66. The summed E-state index contributed by atoms with van der Waals surface area (Å²) in [7, 11) is 0. The molecule has 7 nitrogen and oxygen atoms in total. The maximum Gasteiger partial charge on any atom is 0.306 e. The van der Waals surface area contributed by atoms with E-state index in [-0.39, 0.29) is 31.8 Å². The number of thioether (sulfide) groups is 1. The Balaban J connectivity index is 1.47. The summed E-state index contributed by atoms with van der Waals surface area (Å²) in [5, 5.41) is 0. The molecule has 5 rings (SSSR count). The van der Waals surface area contributed by atoms with Crippen LogP contribution in [0.2, 0.25) is 0 Å². The van der Waals surface area contributed by atoms with Gasteiger partial charge in [0.2, 0.25) is 0 Å². The molecule has 0 saturated carbocycles. The lowest BCUT2D eigenvalue weighted by molar-refractivity contribution is -0.249. The molecule has 1 fully saturated rings. The molecule has 47 heavy (non-hydrogen) atoms. The molecule has 0 amide bonds. The third-order valence-corrected chi connectivity index (χ3v) is 8.93. The van der Waals surface area contributed by atoms with Gasteiger partial charge in [-0.15, -0.1) is 0 Å². The minimum Gasteiger partial charge on any atom is -0.456 e. The summed E-state index contributed by atoms with van der Waals surface area (Å²) < 4.78 is 32.5. The summed E-state index contributed by atoms with van der Waals surface area (Å²) in [4.78, 5) is 25.9. The smallest absolute Gasteiger partial charge is 0.306 e. The maximum atomic E-state index is 13.2. The lowest BCUT2D eigenvalue weighted by atomic mass is 9.98. The maximum absolute atomic E-state index is 13.2. The molecule has 4 aromatic carbocycles. The van der Waals surface area contributed by atoms with Crippen molar-refractivity contribution in [2.45, 2.75) is 81.3 Å². The Kier molecular flexibility index (Phi) is 13.2. The number of esters is 1. The van der Waals surface area contributed by atoms with Crippen molar-refractivity contribution in [3.8, 4) is 0 Å². The lowest BCUT2D eigenvalue weighted by Gasteiger charge is -2.45. The number of aryl methyl sites for hydroxylation is 1. The summed E-state index contributed by atoms with van der Waals surface area (Å²) in [6, 6.07) is 37.8. The van der Waals surface area contributed by atoms with Crippen molar-refractivity contribution in [3.63, 3.8) is 0 Å². The molecule has 0 bridgehead atoms. The topological polar surface area (TPSA) is 80.3 Å². The predicted molar refractivity (Wildman–Crippen MR) is 182 cm³/mol. The van der Waals surface area contributed by atoms with Gasteiger partial charge in [-0.3, -0.25) is 4.79 Å². The molecule has 0 aromatic heterocycles. The van der Waals surface area contributed by atoms with Crippen LogP contribution in [0.15, 0.2) is 120 Å². The van der Waals surface area contributed by atoms with Crippen molar-refractivity contribution in [2.24, 2.45) is 0 Å². The molecule has 1 aliphatic heterocycles. The highest BCUT2D eigenvalue weighted by Gasteiger charge is 2.50. The van der Waals surface area contributed by atoms with E-state index >= 15 is 0 Å². The summed E-state index contributed by atoms with van der Waals surface area (Å²) in [6.45, 7) is 4.71. The molecule has 0 N–H and O–H groups in total. The van der Waals surface area contributed by atoms with Crippen LogP contribution in [0.4, 0.5) is 0 Å². The number of ketones is 1. The first kappa shape index (κ1) is 34.5. The molecular formula is C39H42O7S. The Morgan fingerprint density at radius 1 is 0.660 bits per heavy atom. The first-order chi connectivity index (χ1) is 22.9. The predicted octanol–water partition coefficient (Wildman–Crippen LogP) is 7.48. The van der Waals surface area contributed by atoms with Crippen LogP contribution in [0, 0.1) is 6.92 Å². The Bertz CT molecular complexity index is 1520. The van der Waals surface area contributed by atoms with Gasteiger partial charge in [0, 0.05) is 11.3 Å². The fourth-order valence-electron chi connectivity index (χ4n) is 5.26. The molecule has 0 aliphatic carbocycles. The van der Waals surface area contributed by atoms with Crippen LogP contribution in [0.25, 0.3) is 0 Å². The molecule has 5 atom stereocenters. The van der Waals surface area contributed by atoms with Crippen molar-refractivity contribution in [3.05, 3.63) is 138 Å². The number of hydrogen-bond acceptors (Lipinski definition) is 8. The van der Waals surface area contributed by atoms with Gasteiger partial charge in [0.15, 0.2) is 6.10 Å². The van der Waals surface area contributed by atoms with E-state index in [2.05, 4.69) is 0 Å². The quantitative estimate of drug-likeness (QED) is 0.115. The molecule has 0 unspecified atom stereocenters.